The molecule has 20 heavy (non-hydrogen) atoms. The molecule has 1 aromatic carbocycles. The first kappa shape index (κ1) is 22.2. The van der Waals surface area contributed by atoms with Gasteiger partial charge in [-0.3, -0.25) is 6.08 Å². The molecule has 0 aromatic heterocycles. The molecule has 1 radical (unpaired) electrons. The standard InChI is InChI=1S/C9H13.C7H9.C2H7Si.Zr/c1-6-5-7(2)9(4)8(6)3;1-6-4-3-5-7(6)2;1-3-2;/h5H,1-4H3;3H,4H2,1-2H3;3H,1-2H3;/q2*-1;;+2. The van der Waals surface area contributed by atoms with E-state index in [1.807, 2.05) is 0 Å². The summed E-state index contributed by atoms with van der Waals surface area (Å²) in [5.74, 6) is 0. The van der Waals surface area contributed by atoms with E-state index < -0.39 is 0 Å². The van der Waals surface area contributed by atoms with Crippen LogP contribution in [0.3, 0.4) is 0 Å². The third-order valence-electron chi connectivity index (χ3n) is 3.55. The van der Waals surface area contributed by atoms with Gasteiger partial charge in [-0.25, -0.2) is 11.1 Å². The van der Waals surface area contributed by atoms with Crippen molar-refractivity contribution in [1.29, 1.82) is 0 Å². The van der Waals surface area contributed by atoms with Crippen molar-refractivity contribution < 1.29 is 26.2 Å². The van der Waals surface area contributed by atoms with Gasteiger partial charge in [0, 0.05) is 9.52 Å². The molecule has 1 aliphatic rings. The van der Waals surface area contributed by atoms with Crippen LogP contribution in [0, 0.1) is 33.8 Å². The van der Waals surface area contributed by atoms with Crippen molar-refractivity contribution in [3.8, 4) is 0 Å². The Morgan fingerprint density at radius 2 is 1.35 bits per heavy atom. The Labute approximate surface area is 148 Å². The summed E-state index contributed by atoms with van der Waals surface area (Å²) in [6, 6.07) is 2.24. The van der Waals surface area contributed by atoms with Gasteiger partial charge >= 0.3 is 26.2 Å². The molecule has 0 saturated heterocycles. The Balaban J connectivity index is 0. The van der Waals surface area contributed by atoms with E-state index in [9.17, 15) is 0 Å². The van der Waals surface area contributed by atoms with E-state index in [0.29, 0.717) is 0 Å². The molecule has 0 nitrogen and oxygen atoms in total. The molecule has 2 rings (SSSR count). The Morgan fingerprint density at radius 1 is 0.950 bits per heavy atom. The minimum atomic E-state index is 0. The normalized spacial score (nSPS) is 12.2. The summed E-state index contributed by atoms with van der Waals surface area (Å²) >= 11 is 0. The van der Waals surface area contributed by atoms with Crippen LogP contribution in [-0.4, -0.2) is 9.52 Å². The average molecular weight is 365 g/mol. The maximum Gasteiger partial charge on any atom is 2.00 e. The number of aryl methyl sites for hydroxylation is 2. The van der Waals surface area contributed by atoms with E-state index in [2.05, 4.69) is 72.9 Å². The van der Waals surface area contributed by atoms with E-state index in [1.165, 1.54) is 33.4 Å². The zero-order valence-corrected chi connectivity index (χ0v) is 18.1. The number of allylic oxidation sites excluding steroid dienone is 4. The quantitative estimate of drug-likeness (QED) is 0.436. The predicted octanol–water partition coefficient (Wildman–Crippen LogP) is 5.24. The molecule has 0 spiro atoms. The zero-order chi connectivity index (χ0) is 15.0. The van der Waals surface area contributed by atoms with Gasteiger partial charge in [0.25, 0.3) is 0 Å². The van der Waals surface area contributed by atoms with E-state index >= 15 is 0 Å². The average Bonchev–Trinajstić information content (AvgIpc) is 2.82. The van der Waals surface area contributed by atoms with Crippen molar-refractivity contribution in [3.05, 3.63) is 51.6 Å². The maximum absolute atomic E-state index is 3.12. The zero-order valence-electron chi connectivity index (χ0n) is 14.4. The second-order valence-electron chi connectivity index (χ2n) is 5.30. The van der Waals surface area contributed by atoms with Crippen LogP contribution in [0.4, 0.5) is 0 Å². The first-order chi connectivity index (χ1) is 8.84. The molecule has 0 saturated carbocycles. The van der Waals surface area contributed by atoms with Gasteiger partial charge in [0.05, 0.1) is 0 Å². The fraction of sp³-hybridized carbons (Fsp3) is 0.500. The number of hydrogen-bond acceptors (Lipinski definition) is 0. The molecular weight excluding hydrogens is 336 g/mol. The topological polar surface area (TPSA) is 0 Å². The van der Waals surface area contributed by atoms with Crippen molar-refractivity contribution in [2.24, 2.45) is 0 Å². The Morgan fingerprint density at radius 3 is 1.45 bits per heavy atom. The fourth-order valence-corrected chi connectivity index (χ4v) is 1.77. The van der Waals surface area contributed by atoms with Crippen molar-refractivity contribution in [3.63, 3.8) is 0 Å². The minimum absolute atomic E-state index is 0. The fourth-order valence-electron chi connectivity index (χ4n) is 1.77. The molecule has 1 aliphatic carbocycles. The molecule has 2 heteroatoms. The molecule has 0 aliphatic heterocycles. The second kappa shape index (κ2) is 11.6. The molecule has 0 unspecified atom stereocenters. The first-order valence-corrected chi connectivity index (χ1v) is 9.34. The molecule has 0 N–H and O–H groups in total. The molecule has 1 aromatic rings. The largest absolute Gasteiger partial charge is 2.00 e. The Hall–Kier alpha value is -0.0700. The summed E-state index contributed by atoms with van der Waals surface area (Å²) in [7, 11) is 0.750. The third-order valence-corrected chi connectivity index (χ3v) is 3.55. The van der Waals surface area contributed by atoms with Crippen LogP contribution in [-0.2, 0) is 26.2 Å². The van der Waals surface area contributed by atoms with E-state index in [0.717, 1.165) is 15.9 Å². The summed E-state index contributed by atoms with van der Waals surface area (Å²) < 4.78 is 0. The first-order valence-electron chi connectivity index (χ1n) is 7.03. The maximum atomic E-state index is 3.12. The van der Waals surface area contributed by atoms with Gasteiger partial charge in [0.2, 0.25) is 0 Å². The van der Waals surface area contributed by atoms with E-state index in [-0.39, 0.29) is 26.2 Å². The van der Waals surface area contributed by atoms with Gasteiger partial charge in [0.1, 0.15) is 0 Å². The van der Waals surface area contributed by atoms with Gasteiger partial charge in [-0.15, -0.1) is 6.92 Å². The Bertz CT molecular complexity index is 428. The van der Waals surface area contributed by atoms with E-state index in [4.69, 9.17) is 0 Å². The van der Waals surface area contributed by atoms with Gasteiger partial charge in [-0.05, 0) is 0 Å². The smallest absolute Gasteiger partial charge is 0.253 e. The van der Waals surface area contributed by atoms with Gasteiger partial charge in [0.15, 0.2) is 0 Å². The predicted molar refractivity (Wildman–Crippen MR) is 90.7 cm³/mol. The summed E-state index contributed by atoms with van der Waals surface area (Å²) in [5.41, 5.74) is 8.52. The summed E-state index contributed by atoms with van der Waals surface area (Å²) in [6.45, 7) is 17.3. The summed E-state index contributed by atoms with van der Waals surface area (Å²) in [6.07, 6.45) is 6.31. The number of rotatable bonds is 0. The van der Waals surface area contributed by atoms with Crippen LogP contribution in [0.25, 0.3) is 0 Å². The summed E-state index contributed by atoms with van der Waals surface area (Å²) in [5, 5.41) is 0. The van der Waals surface area contributed by atoms with Gasteiger partial charge < -0.3 is 0 Å². The van der Waals surface area contributed by atoms with Gasteiger partial charge in [-0.2, -0.15) is 34.4 Å². The summed E-state index contributed by atoms with van der Waals surface area (Å²) in [4.78, 5) is 0. The van der Waals surface area contributed by atoms with Crippen LogP contribution in [0.1, 0.15) is 42.5 Å². The molecule has 109 valence electrons. The van der Waals surface area contributed by atoms with Crippen LogP contribution < -0.4 is 0 Å². The molecule has 0 atom stereocenters. The van der Waals surface area contributed by atoms with Crippen LogP contribution in [0.15, 0.2) is 23.3 Å². The second-order valence-corrected chi connectivity index (χ2v) is 6.45. The Kier molecular flexibility index (Phi) is 12.9. The van der Waals surface area contributed by atoms with E-state index in [1.54, 1.807) is 0 Å². The molecular formula is C18H29SiZr. The third kappa shape index (κ3) is 7.64. The van der Waals surface area contributed by atoms with Crippen LogP contribution in [0.5, 0.6) is 0 Å². The van der Waals surface area contributed by atoms with Crippen molar-refractivity contribution in [1.82, 2.24) is 0 Å². The van der Waals surface area contributed by atoms with Crippen molar-refractivity contribution >= 4 is 9.52 Å². The minimum Gasteiger partial charge on any atom is -0.253 e. The van der Waals surface area contributed by atoms with Crippen LogP contribution in [0.2, 0.25) is 13.1 Å². The molecule has 0 amide bonds. The van der Waals surface area contributed by atoms with Crippen LogP contribution >= 0.6 is 0 Å². The SMILES string of the molecule is CC1=C(C)CC=[C-]1.C[SiH]C.Cc1[cH-]c(C)c(C)c1C.[Zr+2]. The van der Waals surface area contributed by atoms with Gasteiger partial charge in [-0.1, -0.05) is 54.1 Å². The molecule has 0 fully saturated rings. The molecule has 0 bridgehead atoms. The monoisotopic (exact) mass is 363 g/mol. The van der Waals surface area contributed by atoms with Crippen molar-refractivity contribution in [2.75, 3.05) is 0 Å². The number of hydrogen-bond donors (Lipinski definition) is 0. The van der Waals surface area contributed by atoms with Crippen molar-refractivity contribution in [2.45, 2.75) is 61.1 Å². The molecule has 0 heterocycles.